The maximum atomic E-state index is 8.30. The molecule has 0 bridgehead atoms. The number of hydrogen-bond donors (Lipinski definition) is 2. The van der Waals surface area contributed by atoms with Gasteiger partial charge >= 0.3 is 0 Å². The highest BCUT2D eigenvalue weighted by atomic mass is 16.3. The zero-order valence-electron chi connectivity index (χ0n) is 8.60. The van der Waals surface area contributed by atoms with Gasteiger partial charge in [0.15, 0.2) is 0 Å². The number of hydrogen-bond acceptors (Lipinski definition) is 2. The van der Waals surface area contributed by atoms with Crippen LogP contribution < -0.4 is 0 Å². The molecule has 2 N–H and O–H groups in total. The van der Waals surface area contributed by atoms with E-state index in [-0.39, 0.29) is 13.2 Å². The van der Waals surface area contributed by atoms with E-state index in [1.165, 1.54) is 0 Å². The molecule has 14 heavy (non-hydrogen) atoms. The van der Waals surface area contributed by atoms with Gasteiger partial charge in [-0.05, 0) is 12.8 Å². The molecule has 0 saturated carbocycles. The Hall–Kier alpha value is -0.860. The number of unbranched alkanes of at least 4 members (excludes halogenated alkanes) is 3. The van der Waals surface area contributed by atoms with Gasteiger partial charge in [0.2, 0.25) is 0 Å². The Balaban J connectivity index is 0.000000249. The van der Waals surface area contributed by atoms with E-state index >= 15 is 0 Å². The molecule has 0 aliphatic heterocycles. The van der Waals surface area contributed by atoms with Gasteiger partial charge in [-0.15, -0.1) is 0 Å². The van der Waals surface area contributed by atoms with Crippen LogP contribution in [0, 0.1) is 0 Å². The van der Waals surface area contributed by atoms with Crippen molar-refractivity contribution in [3.8, 4) is 0 Å². The first-order chi connectivity index (χ1) is 6.91. The molecule has 2 heteroatoms. The highest BCUT2D eigenvalue weighted by Gasteiger charge is 1.84. The second-order valence-electron chi connectivity index (χ2n) is 3.02. The Labute approximate surface area is 86.2 Å². The Morgan fingerprint density at radius 3 is 1.00 bits per heavy atom. The van der Waals surface area contributed by atoms with Crippen LogP contribution in [0.4, 0.5) is 0 Å². The van der Waals surface area contributed by atoms with E-state index in [2.05, 4.69) is 0 Å². The highest BCUT2D eigenvalue weighted by Crippen LogP contribution is 1.96. The van der Waals surface area contributed by atoms with Crippen molar-refractivity contribution in [1.82, 2.24) is 0 Å². The fourth-order valence-electron chi connectivity index (χ4n) is 0.962. The summed E-state index contributed by atoms with van der Waals surface area (Å²) in [5, 5.41) is 16.6. The lowest BCUT2D eigenvalue weighted by molar-refractivity contribution is 0.265. The van der Waals surface area contributed by atoms with Gasteiger partial charge in [0.25, 0.3) is 0 Å². The van der Waals surface area contributed by atoms with Crippen LogP contribution in [0.15, 0.2) is 36.4 Å². The van der Waals surface area contributed by atoms with Crippen LogP contribution in [0.1, 0.15) is 25.7 Å². The average molecular weight is 196 g/mol. The summed E-state index contributed by atoms with van der Waals surface area (Å²) >= 11 is 0. The van der Waals surface area contributed by atoms with Crippen molar-refractivity contribution in [2.24, 2.45) is 0 Å². The number of benzene rings is 1. The van der Waals surface area contributed by atoms with Gasteiger partial charge in [-0.2, -0.15) is 0 Å². The Morgan fingerprint density at radius 1 is 0.500 bits per heavy atom. The minimum Gasteiger partial charge on any atom is -0.396 e. The molecular weight excluding hydrogens is 176 g/mol. The van der Waals surface area contributed by atoms with Gasteiger partial charge in [-0.1, -0.05) is 49.2 Å². The molecule has 0 saturated heterocycles. The van der Waals surface area contributed by atoms with Crippen LogP contribution in [0.5, 0.6) is 0 Å². The summed E-state index contributed by atoms with van der Waals surface area (Å²) in [7, 11) is 0. The van der Waals surface area contributed by atoms with E-state index < -0.39 is 0 Å². The predicted octanol–water partition coefficient (Wildman–Crippen LogP) is 2.22. The molecule has 0 unspecified atom stereocenters. The second kappa shape index (κ2) is 12.1. The van der Waals surface area contributed by atoms with Gasteiger partial charge in [0, 0.05) is 13.2 Å². The summed E-state index contributed by atoms with van der Waals surface area (Å²) in [6.07, 6.45) is 3.83. The van der Waals surface area contributed by atoms with E-state index in [0.29, 0.717) is 0 Å². The quantitative estimate of drug-likeness (QED) is 0.709. The third-order valence-corrected chi connectivity index (χ3v) is 1.73. The summed E-state index contributed by atoms with van der Waals surface area (Å²) in [6, 6.07) is 12.0. The first-order valence-corrected chi connectivity index (χ1v) is 5.13. The maximum Gasteiger partial charge on any atom is 0.0431 e. The summed E-state index contributed by atoms with van der Waals surface area (Å²) in [5.74, 6) is 0. The smallest absolute Gasteiger partial charge is 0.0431 e. The molecule has 1 aromatic rings. The lowest BCUT2D eigenvalue weighted by atomic mass is 10.2. The van der Waals surface area contributed by atoms with Crippen LogP contribution in [-0.4, -0.2) is 23.4 Å². The first kappa shape index (κ1) is 13.1. The van der Waals surface area contributed by atoms with Crippen molar-refractivity contribution < 1.29 is 10.2 Å². The predicted molar refractivity (Wildman–Crippen MR) is 59.1 cm³/mol. The van der Waals surface area contributed by atoms with Crippen LogP contribution in [0.3, 0.4) is 0 Å². The van der Waals surface area contributed by atoms with Crippen molar-refractivity contribution >= 4 is 0 Å². The van der Waals surface area contributed by atoms with Crippen molar-refractivity contribution in [1.29, 1.82) is 0 Å². The van der Waals surface area contributed by atoms with Crippen LogP contribution in [0.2, 0.25) is 0 Å². The molecule has 1 rings (SSSR count). The Bertz CT molecular complexity index is 142. The van der Waals surface area contributed by atoms with Crippen molar-refractivity contribution in [2.75, 3.05) is 13.2 Å². The van der Waals surface area contributed by atoms with E-state index in [1.807, 2.05) is 36.4 Å². The fourth-order valence-corrected chi connectivity index (χ4v) is 0.962. The molecule has 1 aromatic carbocycles. The molecule has 0 spiro atoms. The zero-order chi connectivity index (χ0) is 10.5. The molecule has 80 valence electrons. The fraction of sp³-hybridized carbons (Fsp3) is 0.500. The molecule has 0 atom stereocenters. The standard InChI is InChI=1S/C6H14O2.C6H6/c7-5-3-1-2-4-6-8;1-2-4-6-5-3-1/h7-8H,1-6H2;1-6H. The molecule has 0 amide bonds. The zero-order valence-corrected chi connectivity index (χ0v) is 8.60. The van der Waals surface area contributed by atoms with Crippen LogP contribution in [-0.2, 0) is 0 Å². The molecular formula is C12H20O2. The molecule has 0 aromatic heterocycles. The number of aliphatic hydroxyl groups is 2. The molecule has 2 nitrogen and oxygen atoms in total. The van der Waals surface area contributed by atoms with E-state index in [0.717, 1.165) is 25.7 Å². The van der Waals surface area contributed by atoms with E-state index in [1.54, 1.807) is 0 Å². The third kappa shape index (κ3) is 11.1. The normalized spacial score (nSPS) is 9.00. The van der Waals surface area contributed by atoms with Crippen LogP contribution >= 0.6 is 0 Å². The van der Waals surface area contributed by atoms with Gasteiger partial charge in [0.05, 0.1) is 0 Å². The van der Waals surface area contributed by atoms with Crippen molar-refractivity contribution in [3.63, 3.8) is 0 Å². The number of rotatable bonds is 5. The molecule has 0 radical (unpaired) electrons. The van der Waals surface area contributed by atoms with E-state index in [4.69, 9.17) is 10.2 Å². The number of aliphatic hydroxyl groups excluding tert-OH is 2. The molecule has 0 fully saturated rings. The van der Waals surface area contributed by atoms with Crippen molar-refractivity contribution in [3.05, 3.63) is 36.4 Å². The average Bonchev–Trinajstić information content (AvgIpc) is 2.28. The maximum absolute atomic E-state index is 8.30. The van der Waals surface area contributed by atoms with Gasteiger partial charge < -0.3 is 10.2 Å². The summed E-state index contributed by atoms with van der Waals surface area (Å²) in [5.41, 5.74) is 0. The van der Waals surface area contributed by atoms with Gasteiger partial charge in [0.1, 0.15) is 0 Å². The molecule has 0 heterocycles. The lowest BCUT2D eigenvalue weighted by Crippen LogP contribution is -1.85. The summed E-state index contributed by atoms with van der Waals surface area (Å²) in [6.45, 7) is 0.566. The molecule has 0 aliphatic rings. The van der Waals surface area contributed by atoms with Crippen LogP contribution in [0.25, 0.3) is 0 Å². The topological polar surface area (TPSA) is 40.5 Å². The third-order valence-electron chi connectivity index (χ3n) is 1.73. The summed E-state index contributed by atoms with van der Waals surface area (Å²) < 4.78 is 0. The highest BCUT2D eigenvalue weighted by molar-refractivity contribution is 4.99. The minimum absolute atomic E-state index is 0.283. The first-order valence-electron chi connectivity index (χ1n) is 5.13. The second-order valence-corrected chi connectivity index (χ2v) is 3.02. The largest absolute Gasteiger partial charge is 0.396 e. The monoisotopic (exact) mass is 196 g/mol. The van der Waals surface area contributed by atoms with E-state index in [9.17, 15) is 0 Å². The minimum atomic E-state index is 0.283. The lowest BCUT2D eigenvalue weighted by Gasteiger charge is -1.93. The van der Waals surface area contributed by atoms with Gasteiger partial charge in [-0.25, -0.2) is 0 Å². The Kier molecular flexibility index (Phi) is 11.4. The molecule has 0 aliphatic carbocycles. The Morgan fingerprint density at radius 2 is 0.786 bits per heavy atom. The summed E-state index contributed by atoms with van der Waals surface area (Å²) in [4.78, 5) is 0. The SMILES string of the molecule is OCCCCCCO.c1ccccc1. The van der Waals surface area contributed by atoms with Crippen molar-refractivity contribution in [2.45, 2.75) is 25.7 Å². The van der Waals surface area contributed by atoms with Gasteiger partial charge in [-0.3, -0.25) is 0 Å².